The Morgan fingerprint density at radius 3 is 2.61 bits per heavy atom. The molecule has 1 aromatic carbocycles. The number of carbonyl (C=O) groups is 1. The molecule has 8 nitrogen and oxygen atoms in total. The fourth-order valence-electron chi connectivity index (χ4n) is 3.73. The zero-order valence-electron chi connectivity index (χ0n) is 16.9. The molecule has 3 aliphatic heterocycles. The number of ether oxygens (including phenoxy) is 2. The number of nitrogens with one attached hydrogen (secondary N) is 1. The van der Waals surface area contributed by atoms with Crippen LogP contribution in [0, 0.1) is 0 Å². The van der Waals surface area contributed by atoms with Gasteiger partial charge in [-0.15, -0.1) is 0 Å². The van der Waals surface area contributed by atoms with Gasteiger partial charge in [0, 0.05) is 13.5 Å². The largest absolute Gasteiger partial charge is 0.494 e. The number of anilines is 1. The van der Waals surface area contributed by atoms with Gasteiger partial charge in [-0.1, -0.05) is 6.07 Å². The monoisotopic (exact) mass is 390 g/mol. The molecular weight excluding hydrogens is 363 g/mol. The topological polar surface area (TPSA) is 89.5 Å². The van der Waals surface area contributed by atoms with Crippen molar-refractivity contribution in [3.8, 4) is 5.75 Å². The highest BCUT2D eigenvalue weighted by Gasteiger charge is 2.52. The summed E-state index contributed by atoms with van der Waals surface area (Å²) in [6.07, 6.45) is -1.44. The van der Waals surface area contributed by atoms with E-state index in [9.17, 15) is 9.90 Å². The average Bonchev–Trinajstić information content (AvgIpc) is 3.05. The molecule has 1 amide bonds. The third-order valence-corrected chi connectivity index (χ3v) is 6.07. The van der Waals surface area contributed by atoms with Crippen LogP contribution in [0.1, 0.15) is 34.6 Å². The summed E-state index contributed by atoms with van der Waals surface area (Å²) in [5, 5.41) is 13.1. The van der Waals surface area contributed by atoms with Gasteiger partial charge >= 0.3 is 7.12 Å². The molecule has 152 valence electrons. The highest BCUT2D eigenvalue weighted by atomic mass is 16.7. The first-order valence-electron chi connectivity index (χ1n) is 9.58. The van der Waals surface area contributed by atoms with Crippen LogP contribution in [0.15, 0.2) is 18.2 Å². The van der Waals surface area contributed by atoms with Crippen LogP contribution < -0.4 is 20.4 Å². The molecule has 0 saturated carbocycles. The fourth-order valence-corrected chi connectivity index (χ4v) is 3.73. The lowest BCUT2D eigenvalue weighted by molar-refractivity contribution is -0.121. The van der Waals surface area contributed by atoms with E-state index >= 15 is 0 Å². The van der Waals surface area contributed by atoms with Crippen LogP contribution in [0.25, 0.3) is 0 Å². The van der Waals surface area contributed by atoms with Crippen molar-refractivity contribution >= 4 is 24.2 Å². The Balaban J connectivity index is 1.55. The lowest BCUT2D eigenvalue weighted by Crippen LogP contribution is -2.49. The number of aliphatic hydroxyl groups is 1. The standard InChI is InChI=1S/C19H27BN2O6/c1-11(23)21-9-16-14-10-25-15-8-12(6-7-13(15)22(14)17(24)26-16)20-27-18(2,3)19(4,5)28-20/h6-8,14,16-17,24H,9-10H2,1-5H3,(H,21,23). The van der Waals surface area contributed by atoms with Crippen LogP contribution in [0.4, 0.5) is 5.69 Å². The Morgan fingerprint density at radius 2 is 1.96 bits per heavy atom. The van der Waals surface area contributed by atoms with Crippen molar-refractivity contribution in [1.29, 1.82) is 0 Å². The van der Waals surface area contributed by atoms with Gasteiger partial charge in [0.1, 0.15) is 18.5 Å². The van der Waals surface area contributed by atoms with E-state index < -0.39 is 24.7 Å². The Kier molecular flexibility index (Phi) is 4.61. The van der Waals surface area contributed by atoms with Crippen LogP contribution >= 0.6 is 0 Å². The summed E-state index contributed by atoms with van der Waals surface area (Å²) in [7, 11) is -0.483. The van der Waals surface area contributed by atoms with Gasteiger partial charge in [-0.2, -0.15) is 0 Å². The number of amides is 1. The van der Waals surface area contributed by atoms with Gasteiger partial charge in [0.05, 0.1) is 22.9 Å². The molecule has 0 aliphatic carbocycles. The Bertz CT molecular complexity index is 770. The van der Waals surface area contributed by atoms with Crippen molar-refractivity contribution in [3.63, 3.8) is 0 Å². The summed E-state index contributed by atoms with van der Waals surface area (Å²) in [6, 6.07) is 5.51. The van der Waals surface area contributed by atoms with Crippen LogP contribution in [-0.4, -0.2) is 61.0 Å². The Morgan fingerprint density at radius 1 is 1.29 bits per heavy atom. The quantitative estimate of drug-likeness (QED) is 0.721. The maximum Gasteiger partial charge on any atom is 0.494 e. The van der Waals surface area contributed by atoms with Crippen molar-refractivity contribution in [1.82, 2.24) is 5.32 Å². The van der Waals surface area contributed by atoms with Crippen molar-refractivity contribution in [2.24, 2.45) is 0 Å². The minimum Gasteiger partial charge on any atom is -0.489 e. The van der Waals surface area contributed by atoms with E-state index in [2.05, 4.69) is 5.32 Å². The smallest absolute Gasteiger partial charge is 0.489 e. The van der Waals surface area contributed by atoms with Crippen LogP contribution in [0.2, 0.25) is 0 Å². The molecule has 0 aromatic heterocycles. The van der Waals surface area contributed by atoms with Gasteiger partial charge in [-0.05, 0) is 45.3 Å². The number of nitrogens with zero attached hydrogens (tertiary/aromatic N) is 1. The summed E-state index contributed by atoms with van der Waals surface area (Å²) in [5.41, 5.74) is 0.764. The third-order valence-electron chi connectivity index (χ3n) is 6.07. The molecule has 3 atom stereocenters. The zero-order valence-corrected chi connectivity index (χ0v) is 16.9. The van der Waals surface area contributed by atoms with E-state index in [1.807, 2.05) is 45.9 Å². The minimum atomic E-state index is -1.09. The van der Waals surface area contributed by atoms with E-state index in [1.54, 1.807) is 4.90 Å². The summed E-state index contributed by atoms with van der Waals surface area (Å²) < 4.78 is 23.8. The predicted octanol–water partition coefficient (Wildman–Crippen LogP) is 0.364. The van der Waals surface area contributed by atoms with Gasteiger partial charge in [0.2, 0.25) is 12.3 Å². The number of rotatable bonds is 3. The number of hydrogen-bond donors (Lipinski definition) is 2. The summed E-state index contributed by atoms with van der Waals surface area (Å²) >= 11 is 0. The first-order chi connectivity index (χ1) is 13.1. The van der Waals surface area contributed by atoms with E-state index in [1.165, 1.54) is 6.92 Å². The SMILES string of the molecule is CC(=O)NCC1OC(O)N2c3ccc(B4OC(C)(C)C(C)(C)O4)cc3OCC12. The maximum absolute atomic E-state index is 11.2. The molecule has 4 rings (SSSR count). The fraction of sp³-hybridized carbons (Fsp3) is 0.632. The Labute approximate surface area is 165 Å². The molecule has 0 bridgehead atoms. The highest BCUT2D eigenvalue weighted by Crippen LogP contribution is 2.41. The molecule has 9 heteroatoms. The molecular formula is C19H27BN2O6. The molecule has 0 radical (unpaired) electrons. The second kappa shape index (κ2) is 6.62. The first-order valence-corrected chi connectivity index (χ1v) is 9.58. The second-order valence-electron chi connectivity index (χ2n) is 8.54. The second-order valence-corrected chi connectivity index (χ2v) is 8.54. The lowest BCUT2D eigenvalue weighted by Gasteiger charge is -2.35. The van der Waals surface area contributed by atoms with E-state index in [4.69, 9.17) is 18.8 Å². The molecule has 28 heavy (non-hydrogen) atoms. The minimum absolute atomic E-state index is 0.138. The summed E-state index contributed by atoms with van der Waals surface area (Å²) in [5.74, 6) is 0.506. The van der Waals surface area contributed by atoms with Crippen molar-refractivity contribution in [2.45, 2.75) is 64.4 Å². The predicted molar refractivity (Wildman–Crippen MR) is 103 cm³/mol. The molecule has 2 fully saturated rings. The van der Waals surface area contributed by atoms with Crippen LogP contribution in [0.5, 0.6) is 5.75 Å². The molecule has 3 aliphatic rings. The number of hydrogen-bond acceptors (Lipinski definition) is 7. The summed E-state index contributed by atoms with van der Waals surface area (Å²) in [4.78, 5) is 13.0. The average molecular weight is 390 g/mol. The van der Waals surface area contributed by atoms with Gasteiger partial charge in [-0.3, -0.25) is 4.79 Å². The van der Waals surface area contributed by atoms with Gasteiger partial charge in [-0.25, -0.2) is 0 Å². The van der Waals surface area contributed by atoms with E-state index in [-0.39, 0.29) is 18.1 Å². The normalized spacial score (nSPS) is 29.9. The van der Waals surface area contributed by atoms with Gasteiger partial charge in [0.15, 0.2) is 0 Å². The molecule has 1 aromatic rings. The Hall–Kier alpha value is -1.81. The lowest BCUT2D eigenvalue weighted by atomic mass is 9.78. The molecule has 2 N–H and O–H groups in total. The maximum atomic E-state index is 11.2. The number of fused-ring (bicyclic) bond motifs is 3. The molecule has 2 saturated heterocycles. The van der Waals surface area contributed by atoms with Gasteiger partial charge < -0.3 is 34.1 Å². The number of carbonyl (C=O) groups excluding carboxylic acids is 1. The van der Waals surface area contributed by atoms with Crippen LogP contribution in [0.3, 0.4) is 0 Å². The van der Waals surface area contributed by atoms with Crippen LogP contribution in [-0.2, 0) is 18.8 Å². The van der Waals surface area contributed by atoms with E-state index in [0.29, 0.717) is 18.9 Å². The van der Waals surface area contributed by atoms with Crippen molar-refractivity contribution < 1.29 is 28.7 Å². The van der Waals surface area contributed by atoms with Crippen molar-refractivity contribution in [3.05, 3.63) is 18.2 Å². The summed E-state index contributed by atoms with van der Waals surface area (Å²) in [6.45, 7) is 10.2. The molecule has 0 spiro atoms. The zero-order chi connectivity index (χ0) is 20.3. The van der Waals surface area contributed by atoms with Crippen molar-refractivity contribution in [2.75, 3.05) is 18.1 Å². The highest BCUT2D eigenvalue weighted by molar-refractivity contribution is 6.62. The number of aliphatic hydroxyl groups excluding tert-OH is 1. The number of benzene rings is 1. The molecule has 3 unspecified atom stereocenters. The van der Waals surface area contributed by atoms with E-state index in [0.717, 1.165) is 11.2 Å². The first kappa shape index (κ1) is 19.5. The third kappa shape index (κ3) is 3.16. The molecule has 3 heterocycles. The van der Waals surface area contributed by atoms with Gasteiger partial charge in [0.25, 0.3) is 0 Å².